The molecule has 0 fully saturated rings. The number of aliphatic hydroxyl groups excluding tert-OH is 1. The molecule has 0 spiro atoms. The molecule has 0 aromatic heterocycles. The van der Waals surface area contributed by atoms with Crippen molar-refractivity contribution in [2.24, 2.45) is 5.73 Å². The van der Waals surface area contributed by atoms with Crippen LogP contribution in [0.4, 0.5) is 5.69 Å². The highest BCUT2D eigenvalue weighted by molar-refractivity contribution is 6.23. The van der Waals surface area contributed by atoms with E-state index in [0.717, 1.165) is 16.5 Å². The van der Waals surface area contributed by atoms with E-state index < -0.39 is 24.0 Å². The molecule has 0 radical (unpaired) electrons. The van der Waals surface area contributed by atoms with Gasteiger partial charge in [-0.15, -0.1) is 0 Å². The molecule has 0 aliphatic carbocycles. The van der Waals surface area contributed by atoms with Crippen molar-refractivity contribution in [3.8, 4) is 0 Å². The Morgan fingerprint density at radius 2 is 1.81 bits per heavy atom. The van der Waals surface area contributed by atoms with E-state index in [-0.39, 0.29) is 35.4 Å². The molecule has 0 saturated carbocycles. The quantitative estimate of drug-likeness (QED) is 0.346. The molecule has 0 bridgehead atoms. The zero-order valence-electron chi connectivity index (χ0n) is 17.0. The Hall–Kier alpha value is -3.55. The van der Waals surface area contributed by atoms with Crippen LogP contribution in [0.2, 0.25) is 0 Å². The van der Waals surface area contributed by atoms with E-state index in [1.54, 1.807) is 6.92 Å². The third-order valence-electron chi connectivity index (χ3n) is 5.51. The van der Waals surface area contributed by atoms with Crippen LogP contribution in [0.25, 0.3) is 10.8 Å². The van der Waals surface area contributed by atoms with E-state index >= 15 is 0 Å². The van der Waals surface area contributed by atoms with E-state index in [1.165, 1.54) is 12.1 Å². The van der Waals surface area contributed by atoms with E-state index in [1.807, 2.05) is 42.5 Å². The molecule has 31 heavy (non-hydrogen) atoms. The van der Waals surface area contributed by atoms with Crippen LogP contribution in [-0.2, 0) is 6.42 Å². The monoisotopic (exact) mass is 417 g/mol. The molecular formula is C24H23N3O4. The van der Waals surface area contributed by atoms with Gasteiger partial charge < -0.3 is 16.2 Å². The van der Waals surface area contributed by atoms with Gasteiger partial charge in [-0.2, -0.15) is 0 Å². The molecule has 2 amide bonds. The van der Waals surface area contributed by atoms with Gasteiger partial charge in [-0.25, -0.2) is 0 Å². The summed E-state index contributed by atoms with van der Waals surface area (Å²) in [5.74, 6) is -1.32. The van der Waals surface area contributed by atoms with Gasteiger partial charge >= 0.3 is 0 Å². The van der Waals surface area contributed by atoms with Crippen molar-refractivity contribution in [2.45, 2.75) is 25.5 Å². The van der Waals surface area contributed by atoms with Crippen molar-refractivity contribution in [1.29, 1.82) is 0 Å². The maximum atomic E-state index is 13.3. The maximum Gasteiger partial charge on any atom is 0.259 e. The third-order valence-corrected chi connectivity index (χ3v) is 5.51. The van der Waals surface area contributed by atoms with E-state index in [4.69, 9.17) is 5.73 Å². The molecule has 1 aliphatic heterocycles. The normalized spacial score (nSPS) is 14.8. The van der Waals surface area contributed by atoms with Crippen LogP contribution < -0.4 is 16.4 Å². The molecule has 158 valence electrons. The number of carbonyl (C=O) groups excluding carboxylic acids is 3. The van der Waals surface area contributed by atoms with Gasteiger partial charge in [0.2, 0.25) is 0 Å². The number of rotatable bonds is 7. The van der Waals surface area contributed by atoms with Crippen molar-refractivity contribution in [3.63, 3.8) is 0 Å². The Labute approximate surface area is 179 Å². The largest absolute Gasteiger partial charge is 0.391 e. The number of nitrogens with one attached hydrogen (secondary N) is 2. The maximum absolute atomic E-state index is 13.3. The van der Waals surface area contributed by atoms with Crippen LogP contribution >= 0.6 is 0 Å². The van der Waals surface area contributed by atoms with Gasteiger partial charge in [0.1, 0.15) is 0 Å². The lowest BCUT2D eigenvalue weighted by Crippen LogP contribution is -2.30. The first-order valence-electron chi connectivity index (χ1n) is 10.1. The number of amides is 2. The summed E-state index contributed by atoms with van der Waals surface area (Å²) in [6, 6.07) is 16.2. The predicted molar refractivity (Wildman–Crippen MR) is 118 cm³/mol. The molecule has 3 aromatic rings. The van der Waals surface area contributed by atoms with Crippen LogP contribution in [0.1, 0.15) is 43.6 Å². The number of fused-ring (bicyclic) bond motifs is 2. The van der Waals surface area contributed by atoms with Crippen molar-refractivity contribution in [2.75, 3.05) is 11.9 Å². The number of hydrogen-bond acceptors (Lipinski definition) is 6. The van der Waals surface area contributed by atoms with Gasteiger partial charge in [0, 0.05) is 24.2 Å². The summed E-state index contributed by atoms with van der Waals surface area (Å²) in [6.45, 7) is 1.71. The van der Waals surface area contributed by atoms with E-state index in [0.29, 0.717) is 5.56 Å². The number of nitrogens with two attached hydrogens (primary N) is 1. The summed E-state index contributed by atoms with van der Waals surface area (Å²) < 4.78 is 0. The molecule has 1 unspecified atom stereocenters. The summed E-state index contributed by atoms with van der Waals surface area (Å²) in [4.78, 5) is 37.7. The lowest BCUT2D eigenvalue weighted by atomic mass is 9.89. The molecule has 1 heterocycles. The SMILES string of the molecule is C[C@H](Nc1ccc2ccccc2c1)C(=O)c1ccc2c(c1CC(O)CN)C(=O)NC2=O. The number of carbonyl (C=O) groups is 3. The first kappa shape index (κ1) is 20.7. The fourth-order valence-corrected chi connectivity index (χ4v) is 3.92. The molecule has 5 N–H and O–H groups in total. The summed E-state index contributed by atoms with van der Waals surface area (Å²) >= 11 is 0. The molecular weight excluding hydrogens is 394 g/mol. The number of hydrogen-bond donors (Lipinski definition) is 4. The van der Waals surface area contributed by atoms with Crippen molar-refractivity contribution in [1.82, 2.24) is 5.32 Å². The predicted octanol–water partition coefficient (Wildman–Crippen LogP) is 2.27. The summed E-state index contributed by atoms with van der Waals surface area (Å²) in [6.07, 6.45) is -0.935. The smallest absolute Gasteiger partial charge is 0.259 e. The number of anilines is 1. The second-order valence-corrected chi connectivity index (χ2v) is 7.68. The van der Waals surface area contributed by atoms with Gasteiger partial charge in [0.05, 0.1) is 23.3 Å². The van der Waals surface area contributed by atoms with Gasteiger partial charge in [0.25, 0.3) is 11.8 Å². The van der Waals surface area contributed by atoms with Gasteiger partial charge in [0.15, 0.2) is 5.78 Å². The summed E-state index contributed by atoms with van der Waals surface area (Å²) in [5, 5.41) is 17.7. The Kier molecular flexibility index (Phi) is 5.54. The van der Waals surface area contributed by atoms with Crippen LogP contribution in [0.5, 0.6) is 0 Å². The fraction of sp³-hybridized carbons (Fsp3) is 0.208. The molecule has 1 aliphatic rings. The van der Waals surface area contributed by atoms with E-state index in [2.05, 4.69) is 10.6 Å². The first-order chi connectivity index (χ1) is 14.9. The minimum absolute atomic E-state index is 0.00411. The molecule has 4 rings (SSSR count). The number of imide groups is 1. The second kappa shape index (κ2) is 8.29. The number of ketones is 1. The topological polar surface area (TPSA) is 122 Å². The van der Waals surface area contributed by atoms with Gasteiger partial charge in [-0.1, -0.05) is 36.4 Å². The zero-order valence-corrected chi connectivity index (χ0v) is 17.0. The average molecular weight is 417 g/mol. The van der Waals surface area contributed by atoms with Gasteiger partial charge in [-0.05, 0) is 41.5 Å². The molecule has 0 saturated heterocycles. The average Bonchev–Trinajstić information content (AvgIpc) is 3.07. The second-order valence-electron chi connectivity index (χ2n) is 7.68. The molecule has 7 heteroatoms. The zero-order chi connectivity index (χ0) is 22.1. The molecule has 7 nitrogen and oxygen atoms in total. The minimum Gasteiger partial charge on any atom is -0.391 e. The summed E-state index contributed by atoms with van der Waals surface area (Å²) in [7, 11) is 0. The third kappa shape index (κ3) is 3.93. The Bertz CT molecular complexity index is 1200. The van der Waals surface area contributed by atoms with Crippen LogP contribution in [0.3, 0.4) is 0 Å². The highest BCUT2D eigenvalue weighted by Gasteiger charge is 2.33. The number of aliphatic hydroxyl groups is 1. The Balaban J connectivity index is 1.67. The Morgan fingerprint density at radius 3 is 2.55 bits per heavy atom. The molecule has 2 atom stereocenters. The van der Waals surface area contributed by atoms with Crippen LogP contribution in [0, 0.1) is 0 Å². The first-order valence-corrected chi connectivity index (χ1v) is 10.1. The number of Topliss-reactive ketones (excluding diaryl/α,β-unsaturated/α-hetero) is 1. The lowest BCUT2D eigenvalue weighted by molar-refractivity contribution is 0.0878. The lowest BCUT2D eigenvalue weighted by Gasteiger charge is -2.19. The Morgan fingerprint density at radius 1 is 1.06 bits per heavy atom. The van der Waals surface area contributed by atoms with Crippen molar-refractivity contribution in [3.05, 3.63) is 76.9 Å². The molecule has 3 aromatic carbocycles. The highest BCUT2D eigenvalue weighted by Crippen LogP contribution is 2.27. The van der Waals surface area contributed by atoms with E-state index in [9.17, 15) is 19.5 Å². The van der Waals surface area contributed by atoms with Crippen LogP contribution in [-0.4, -0.2) is 41.4 Å². The number of benzene rings is 3. The standard InChI is InChI=1S/C24H23N3O4/c1-13(26-16-7-6-14-4-2-3-5-15(14)10-16)22(29)18-8-9-19-21(24(31)27-23(19)30)20(18)11-17(28)12-25/h2-10,13,17,26,28H,11-12,25H2,1H3,(H,27,30,31)/t13-,17?/m0/s1. The fourth-order valence-electron chi connectivity index (χ4n) is 3.92. The highest BCUT2D eigenvalue weighted by atomic mass is 16.3. The summed E-state index contributed by atoms with van der Waals surface area (Å²) in [5.41, 5.74) is 7.31. The van der Waals surface area contributed by atoms with Crippen molar-refractivity contribution < 1.29 is 19.5 Å². The van der Waals surface area contributed by atoms with Crippen LogP contribution in [0.15, 0.2) is 54.6 Å². The minimum atomic E-state index is -0.940. The van der Waals surface area contributed by atoms with Gasteiger partial charge in [-0.3, -0.25) is 19.7 Å². The van der Waals surface area contributed by atoms with Crippen molar-refractivity contribution >= 4 is 34.1 Å².